The van der Waals surface area contributed by atoms with Gasteiger partial charge in [0.05, 0.1) is 0 Å². The number of carbonyl (C=O) groups excluding carboxylic acids is 3. The Bertz CT molecular complexity index is 798. The maximum absolute atomic E-state index is 12.3. The van der Waals surface area contributed by atoms with E-state index in [1.54, 1.807) is 35.6 Å². The molecule has 1 atom stereocenters. The Morgan fingerprint density at radius 2 is 1.89 bits per heavy atom. The van der Waals surface area contributed by atoms with Crippen molar-refractivity contribution in [3.8, 4) is 0 Å². The number of imide groups is 1. The molecule has 2 N–H and O–H groups in total. The minimum absolute atomic E-state index is 0.165. The van der Waals surface area contributed by atoms with Crippen molar-refractivity contribution in [1.82, 2.24) is 30.8 Å². The lowest BCUT2D eigenvalue weighted by Gasteiger charge is -2.15. The number of alkyl halides is 3. The van der Waals surface area contributed by atoms with Gasteiger partial charge in [0.1, 0.15) is 12.9 Å². The molecule has 0 saturated heterocycles. The largest absolute Gasteiger partial charge is 0.454 e. The summed E-state index contributed by atoms with van der Waals surface area (Å²) in [6.07, 6.45) is -3.26. The number of hydrogen-bond acceptors (Lipinski definition) is 7. The van der Waals surface area contributed by atoms with E-state index in [0.717, 1.165) is 10.2 Å². The van der Waals surface area contributed by atoms with E-state index in [0.29, 0.717) is 0 Å². The zero-order chi connectivity index (χ0) is 20.6. The molecule has 2 aromatic rings. The topological polar surface area (TPSA) is 128 Å². The molecule has 0 aliphatic heterocycles. The lowest BCUT2D eigenvalue weighted by atomic mass is 10.1. The summed E-state index contributed by atoms with van der Waals surface area (Å²) in [5.41, 5.74) is 0.774. The number of carbonyl (C=O) groups is 3. The molecule has 2 rings (SSSR count). The monoisotopic (exact) mass is 400 g/mol. The number of rotatable bonds is 7. The first kappa shape index (κ1) is 20.8. The van der Waals surface area contributed by atoms with Gasteiger partial charge in [0.25, 0.3) is 5.91 Å². The van der Waals surface area contributed by atoms with Crippen LogP contribution in [0.3, 0.4) is 0 Å². The summed E-state index contributed by atoms with van der Waals surface area (Å²) in [4.78, 5) is 35.1. The molecule has 0 spiro atoms. The van der Waals surface area contributed by atoms with Gasteiger partial charge in [-0.3, -0.25) is 10.1 Å². The van der Waals surface area contributed by atoms with Gasteiger partial charge < -0.3 is 10.1 Å². The first-order valence-corrected chi connectivity index (χ1v) is 7.82. The van der Waals surface area contributed by atoms with Crippen LogP contribution in [0.5, 0.6) is 0 Å². The Labute approximate surface area is 156 Å². The summed E-state index contributed by atoms with van der Waals surface area (Å²) >= 11 is 0. The summed E-state index contributed by atoms with van der Waals surface area (Å²) < 4.78 is 42.0. The van der Waals surface area contributed by atoms with Crippen LogP contribution in [0.25, 0.3) is 0 Å². The summed E-state index contributed by atoms with van der Waals surface area (Å²) in [7, 11) is 0. The van der Waals surface area contributed by atoms with Crippen LogP contribution in [0.4, 0.5) is 18.0 Å². The fourth-order valence-electron chi connectivity index (χ4n) is 2.05. The van der Waals surface area contributed by atoms with Crippen LogP contribution < -0.4 is 10.6 Å². The molecular weight excluding hydrogens is 385 g/mol. The molecule has 3 amide bonds. The van der Waals surface area contributed by atoms with E-state index in [1.165, 1.54) is 11.6 Å². The number of esters is 1. The Morgan fingerprint density at radius 3 is 2.50 bits per heavy atom. The average molecular weight is 400 g/mol. The van der Waals surface area contributed by atoms with Gasteiger partial charge in [0, 0.05) is 6.42 Å². The number of amides is 3. The van der Waals surface area contributed by atoms with Crippen LogP contribution in [0.15, 0.2) is 36.7 Å². The minimum Gasteiger partial charge on any atom is -0.454 e. The molecule has 10 nitrogen and oxygen atoms in total. The summed E-state index contributed by atoms with van der Waals surface area (Å²) in [6.45, 7) is -2.48. The van der Waals surface area contributed by atoms with E-state index in [4.69, 9.17) is 4.74 Å². The van der Waals surface area contributed by atoms with Crippen molar-refractivity contribution in [3.05, 3.63) is 42.2 Å². The second kappa shape index (κ2) is 9.43. The van der Waals surface area contributed by atoms with E-state index in [2.05, 4.69) is 15.5 Å². The van der Waals surface area contributed by atoms with Crippen LogP contribution in [-0.4, -0.2) is 57.4 Å². The maximum atomic E-state index is 12.3. The molecule has 13 heteroatoms. The number of hydrogen-bond donors (Lipinski definition) is 2. The molecule has 1 heterocycles. The Balaban J connectivity index is 1.89. The molecule has 0 bridgehead atoms. The Hall–Kier alpha value is -3.51. The third-order valence-electron chi connectivity index (χ3n) is 3.28. The highest BCUT2D eigenvalue weighted by Gasteiger charge is 2.28. The molecule has 0 aliphatic rings. The van der Waals surface area contributed by atoms with E-state index in [-0.39, 0.29) is 6.42 Å². The van der Waals surface area contributed by atoms with Gasteiger partial charge in [0.2, 0.25) is 0 Å². The molecule has 0 unspecified atom stereocenters. The molecular formula is C15H15F3N6O4. The maximum Gasteiger partial charge on any atom is 0.405 e. The third kappa shape index (κ3) is 7.01. The lowest BCUT2D eigenvalue weighted by Crippen LogP contribution is -2.44. The van der Waals surface area contributed by atoms with Crippen molar-refractivity contribution in [1.29, 1.82) is 0 Å². The zero-order valence-corrected chi connectivity index (χ0v) is 14.2. The quantitative estimate of drug-likeness (QED) is 0.644. The van der Waals surface area contributed by atoms with Crippen molar-refractivity contribution in [2.75, 3.05) is 13.2 Å². The predicted octanol–water partition coefficient (Wildman–Crippen LogP) is 0.388. The fourth-order valence-corrected chi connectivity index (χ4v) is 2.05. The van der Waals surface area contributed by atoms with E-state index >= 15 is 0 Å². The second-order valence-corrected chi connectivity index (χ2v) is 5.45. The number of halogens is 3. The van der Waals surface area contributed by atoms with Gasteiger partial charge in [0.15, 0.2) is 12.6 Å². The first-order valence-electron chi connectivity index (χ1n) is 7.82. The third-order valence-corrected chi connectivity index (χ3v) is 3.28. The van der Waals surface area contributed by atoms with Crippen molar-refractivity contribution in [2.45, 2.75) is 18.6 Å². The number of aromatic nitrogens is 4. The summed E-state index contributed by atoms with van der Waals surface area (Å²) in [5.74, 6) is -1.95. The van der Waals surface area contributed by atoms with Crippen molar-refractivity contribution in [2.24, 2.45) is 0 Å². The van der Waals surface area contributed by atoms with Gasteiger partial charge in [-0.15, -0.1) is 5.10 Å². The number of nitrogens with zero attached hydrogens (tertiary/aromatic N) is 4. The van der Waals surface area contributed by atoms with Gasteiger partial charge in [-0.05, 0) is 16.0 Å². The molecule has 0 fully saturated rings. The van der Waals surface area contributed by atoms with Gasteiger partial charge in [-0.25, -0.2) is 14.3 Å². The van der Waals surface area contributed by atoms with Crippen molar-refractivity contribution < 1.29 is 32.3 Å². The van der Waals surface area contributed by atoms with Crippen molar-refractivity contribution >= 4 is 17.9 Å². The average Bonchev–Trinajstić information content (AvgIpc) is 3.17. The number of ether oxygens (including phenoxy) is 1. The highest BCUT2D eigenvalue weighted by Crippen LogP contribution is 2.15. The summed E-state index contributed by atoms with van der Waals surface area (Å²) in [6, 6.07) is 6.52. The number of benzene rings is 1. The molecule has 1 aromatic heterocycles. The highest BCUT2D eigenvalue weighted by molar-refractivity contribution is 5.95. The molecule has 0 aliphatic carbocycles. The first-order chi connectivity index (χ1) is 13.2. The van der Waals surface area contributed by atoms with E-state index < -0.39 is 43.3 Å². The smallest absolute Gasteiger partial charge is 0.405 e. The number of nitrogens with one attached hydrogen (secondary N) is 2. The normalized spacial score (nSPS) is 12.1. The summed E-state index contributed by atoms with van der Waals surface area (Å²) in [5, 5.41) is 13.6. The minimum atomic E-state index is -4.62. The standard InChI is InChI=1S/C15H15F3N6O4/c16-15(17,18)8-19-14(27)21-12(25)7-28-13(26)11(24-9-20-22-23-24)6-10-4-2-1-3-5-10/h1-5,9,11H,6-8H2,(H2,19,21,25,27)/t11-/m1/s1. The predicted molar refractivity (Wildman–Crippen MR) is 85.6 cm³/mol. The van der Waals surface area contributed by atoms with Gasteiger partial charge in [-0.1, -0.05) is 30.3 Å². The molecule has 0 radical (unpaired) electrons. The molecule has 28 heavy (non-hydrogen) atoms. The van der Waals surface area contributed by atoms with Crippen molar-refractivity contribution in [3.63, 3.8) is 0 Å². The van der Waals surface area contributed by atoms with Crippen LogP contribution in [-0.2, 0) is 20.7 Å². The second-order valence-electron chi connectivity index (χ2n) is 5.45. The van der Waals surface area contributed by atoms with Crippen LogP contribution in [0.2, 0.25) is 0 Å². The molecule has 1 aromatic carbocycles. The zero-order valence-electron chi connectivity index (χ0n) is 14.2. The molecule has 150 valence electrons. The molecule has 0 saturated carbocycles. The van der Waals surface area contributed by atoms with E-state index in [1.807, 2.05) is 0 Å². The van der Waals surface area contributed by atoms with Crippen LogP contribution >= 0.6 is 0 Å². The van der Waals surface area contributed by atoms with Crippen LogP contribution in [0, 0.1) is 0 Å². The fraction of sp³-hybridized carbons (Fsp3) is 0.333. The van der Waals surface area contributed by atoms with Gasteiger partial charge in [-0.2, -0.15) is 13.2 Å². The van der Waals surface area contributed by atoms with Crippen LogP contribution in [0.1, 0.15) is 11.6 Å². The SMILES string of the molecule is O=C(COC(=O)[C@@H](Cc1ccccc1)n1cnnn1)NC(=O)NCC(F)(F)F. The number of tetrazole rings is 1. The lowest BCUT2D eigenvalue weighted by molar-refractivity contribution is -0.152. The Morgan fingerprint density at radius 1 is 1.18 bits per heavy atom. The Kier molecular flexibility index (Phi) is 7.01. The highest BCUT2D eigenvalue weighted by atomic mass is 19.4. The van der Waals surface area contributed by atoms with E-state index in [9.17, 15) is 27.6 Å². The number of urea groups is 1. The van der Waals surface area contributed by atoms with Gasteiger partial charge >= 0.3 is 18.2 Å².